The van der Waals surface area contributed by atoms with Gasteiger partial charge in [0, 0.05) is 45.7 Å². The fourth-order valence-electron chi connectivity index (χ4n) is 3.37. The van der Waals surface area contributed by atoms with Gasteiger partial charge in [-0.05, 0) is 37.1 Å². The summed E-state index contributed by atoms with van der Waals surface area (Å²) in [5.41, 5.74) is 0.389. The standard InChI is InChI=1S/C19H29N3O4S/c1-15(23)22(17-7-5-4-6-8-17)14-13-20-19(24)16-9-11-18(12-10-16)27(25,26)21(2)3/h9-12,17H,4-8,13-14H2,1-3H3,(H,20,24). The van der Waals surface area contributed by atoms with E-state index in [2.05, 4.69) is 5.32 Å². The lowest BCUT2D eigenvalue weighted by Crippen LogP contribution is -2.44. The molecule has 0 atom stereocenters. The molecule has 1 aromatic rings. The van der Waals surface area contributed by atoms with E-state index in [0.29, 0.717) is 18.7 Å². The summed E-state index contributed by atoms with van der Waals surface area (Å²) in [5.74, 6) is -0.245. The third kappa shape index (κ3) is 5.52. The van der Waals surface area contributed by atoms with Crippen molar-refractivity contribution in [2.45, 2.75) is 50.0 Å². The van der Waals surface area contributed by atoms with Crippen molar-refractivity contribution in [3.05, 3.63) is 29.8 Å². The Morgan fingerprint density at radius 3 is 2.19 bits per heavy atom. The first-order valence-corrected chi connectivity index (χ1v) is 10.8. The van der Waals surface area contributed by atoms with Crippen molar-refractivity contribution in [1.82, 2.24) is 14.5 Å². The molecule has 1 aliphatic carbocycles. The number of amides is 2. The Balaban J connectivity index is 1.92. The van der Waals surface area contributed by atoms with Crippen LogP contribution in [0.1, 0.15) is 49.4 Å². The zero-order chi connectivity index (χ0) is 20.0. The number of rotatable bonds is 7. The Morgan fingerprint density at radius 1 is 1.07 bits per heavy atom. The highest BCUT2D eigenvalue weighted by molar-refractivity contribution is 7.89. The van der Waals surface area contributed by atoms with Gasteiger partial charge in [0.05, 0.1) is 4.90 Å². The van der Waals surface area contributed by atoms with Gasteiger partial charge in [-0.1, -0.05) is 19.3 Å². The van der Waals surface area contributed by atoms with Crippen LogP contribution >= 0.6 is 0 Å². The number of nitrogens with zero attached hydrogens (tertiary/aromatic N) is 2. The number of benzene rings is 1. The van der Waals surface area contributed by atoms with Crippen LogP contribution in [0.5, 0.6) is 0 Å². The summed E-state index contributed by atoms with van der Waals surface area (Å²) >= 11 is 0. The van der Waals surface area contributed by atoms with Crippen LogP contribution in [0.4, 0.5) is 0 Å². The maximum atomic E-state index is 12.3. The molecule has 0 bridgehead atoms. The van der Waals surface area contributed by atoms with Crippen molar-refractivity contribution in [3.8, 4) is 0 Å². The molecule has 0 unspecified atom stereocenters. The molecule has 8 heteroatoms. The van der Waals surface area contributed by atoms with Crippen molar-refractivity contribution >= 4 is 21.8 Å². The summed E-state index contributed by atoms with van der Waals surface area (Å²) in [5, 5.41) is 2.81. The van der Waals surface area contributed by atoms with Gasteiger partial charge < -0.3 is 10.2 Å². The van der Waals surface area contributed by atoms with E-state index >= 15 is 0 Å². The topological polar surface area (TPSA) is 86.8 Å². The maximum Gasteiger partial charge on any atom is 0.251 e. The van der Waals surface area contributed by atoms with Crippen LogP contribution in [0.25, 0.3) is 0 Å². The predicted octanol–water partition coefficient (Wildman–Crippen LogP) is 1.85. The van der Waals surface area contributed by atoms with Crippen molar-refractivity contribution in [2.24, 2.45) is 0 Å². The lowest BCUT2D eigenvalue weighted by Gasteiger charge is -2.33. The molecule has 0 spiro atoms. The van der Waals surface area contributed by atoms with Crippen molar-refractivity contribution < 1.29 is 18.0 Å². The fraction of sp³-hybridized carbons (Fsp3) is 0.579. The van der Waals surface area contributed by atoms with E-state index in [1.165, 1.54) is 44.8 Å². The number of nitrogens with one attached hydrogen (secondary N) is 1. The van der Waals surface area contributed by atoms with Crippen LogP contribution in [-0.2, 0) is 14.8 Å². The van der Waals surface area contributed by atoms with Crippen LogP contribution < -0.4 is 5.32 Å². The Bertz CT molecular complexity index is 754. The van der Waals surface area contributed by atoms with Gasteiger partial charge in [-0.25, -0.2) is 12.7 Å². The lowest BCUT2D eigenvalue weighted by atomic mass is 9.94. The zero-order valence-electron chi connectivity index (χ0n) is 16.3. The van der Waals surface area contributed by atoms with Crippen LogP contribution in [-0.4, -0.2) is 62.7 Å². The molecule has 1 saturated carbocycles. The average molecular weight is 396 g/mol. The second-order valence-corrected chi connectivity index (χ2v) is 9.22. The molecule has 1 aliphatic rings. The summed E-state index contributed by atoms with van der Waals surface area (Å²) in [6, 6.07) is 6.11. The fourth-order valence-corrected chi connectivity index (χ4v) is 4.27. The molecule has 0 saturated heterocycles. The van der Waals surface area contributed by atoms with E-state index in [4.69, 9.17) is 0 Å². The summed E-state index contributed by atoms with van der Waals surface area (Å²) < 4.78 is 25.3. The van der Waals surface area contributed by atoms with Gasteiger partial charge in [-0.2, -0.15) is 0 Å². The lowest BCUT2D eigenvalue weighted by molar-refractivity contribution is -0.131. The Kier molecular flexibility index (Phi) is 7.38. The Hall–Kier alpha value is -1.93. The minimum absolute atomic E-state index is 0.0365. The molecule has 2 rings (SSSR count). The van der Waals surface area contributed by atoms with E-state index in [1.807, 2.05) is 4.90 Å². The minimum Gasteiger partial charge on any atom is -0.350 e. The number of carbonyl (C=O) groups excluding carboxylic acids is 2. The first-order valence-electron chi connectivity index (χ1n) is 9.31. The highest BCUT2D eigenvalue weighted by atomic mass is 32.2. The normalized spacial score (nSPS) is 15.6. The van der Waals surface area contributed by atoms with E-state index in [-0.39, 0.29) is 22.8 Å². The molecular formula is C19H29N3O4S. The molecule has 0 aromatic heterocycles. The van der Waals surface area contributed by atoms with Gasteiger partial charge in [-0.3, -0.25) is 9.59 Å². The van der Waals surface area contributed by atoms with Crippen LogP contribution in [0.15, 0.2) is 29.2 Å². The van der Waals surface area contributed by atoms with Crippen LogP contribution in [0.3, 0.4) is 0 Å². The summed E-state index contributed by atoms with van der Waals surface area (Å²) in [7, 11) is -0.589. The van der Waals surface area contributed by atoms with Gasteiger partial charge in [0.25, 0.3) is 5.91 Å². The number of hydrogen-bond acceptors (Lipinski definition) is 4. The summed E-state index contributed by atoms with van der Waals surface area (Å²) in [6.45, 7) is 2.42. The van der Waals surface area contributed by atoms with E-state index < -0.39 is 10.0 Å². The van der Waals surface area contributed by atoms with E-state index in [1.54, 1.807) is 6.92 Å². The maximum absolute atomic E-state index is 12.3. The first-order chi connectivity index (χ1) is 12.7. The largest absolute Gasteiger partial charge is 0.350 e. The molecule has 7 nitrogen and oxygen atoms in total. The predicted molar refractivity (Wildman–Crippen MR) is 104 cm³/mol. The SMILES string of the molecule is CC(=O)N(CCNC(=O)c1ccc(S(=O)(=O)N(C)C)cc1)C1CCCCC1. The molecular weight excluding hydrogens is 366 g/mol. The second kappa shape index (κ2) is 9.32. The van der Waals surface area contributed by atoms with Gasteiger partial charge in [-0.15, -0.1) is 0 Å². The molecule has 27 heavy (non-hydrogen) atoms. The second-order valence-electron chi connectivity index (χ2n) is 7.07. The van der Waals surface area contributed by atoms with Crippen molar-refractivity contribution in [1.29, 1.82) is 0 Å². The van der Waals surface area contributed by atoms with Crippen LogP contribution in [0.2, 0.25) is 0 Å². The first kappa shape index (κ1) is 21.4. The summed E-state index contributed by atoms with van der Waals surface area (Å²) in [6.07, 6.45) is 5.55. The minimum atomic E-state index is -3.51. The molecule has 1 fully saturated rings. The summed E-state index contributed by atoms with van der Waals surface area (Å²) in [4.78, 5) is 26.2. The highest BCUT2D eigenvalue weighted by Gasteiger charge is 2.23. The molecule has 0 heterocycles. The molecule has 1 aromatic carbocycles. The van der Waals surface area contributed by atoms with E-state index in [9.17, 15) is 18.0 Å². The average Bonchev–Trinajstić information content (AvgIpc) is 2.65. The number of hydrogen-bond donors (Lipinski definition) is 1. The van der Waals surface area contributed by atoms with Crippen molar-refractivity contribution in [2.75, 3.05) is 27.2 Å². The highest BCUT2D eigenvalue weighted by Crippen LogP contribution is 2.22. The van der Waals surface area contributed by atoms with Crippen LogP contribution in [0, 0.1) is 0 Å². The monoisotopic (exact) mass is 395 g/mol. The Labute approximate surface area is 161 Å². The van der Waals surface area contributed by atoms with E-state index in [0.717, 1.165) is 30.0 Å². The molecule has 150 valence electrons. The third-order valence-corrected chi connectivity index (χ3v) is 6.78. The van der Waals surface area contributed by atoms with Gasteiger partial charge in [0.15, 0.2) is 0 Å². The van der Waals surface area contributed by atoms with Crippen molar-refractivity contribution in [3.63, 3.8) is 0 Å². The molecule has 0 aliphatic heterocycles. The number of sulfonamides is 1. The van der Waals surface area contributed by atoms with Gasteiger partial charge in [0.1, 0.15) is 0 Å². The molecule has 0 radical (unpaired) electrons. The van der Waals surface area contributed by atoms with Gasteiger partial charge >= 0.3 is 0 Å². The smallest absolute Gasteiger partial charge is 0.251 e. The molecule has 1 N–H and O–H groups in total. The van der Waals surface area contributed by atoms with Gasteiger partial charge in [0.2, 0.25) is 15.9 Å². The molecule has 2 amide bonds. The quantitative estimate of drug-likeness (QED) is 0.763. The number of carbonyl (C=O) groups is 2. The zero-order valence-corrected chi connectivity index (χ0v) is 17.1. The Morgan fingerprint density at radius 2 is 1.67 bits per heavy atom. The third-order valence-electron chi connectivity index (χ3n) is 4.95.